The van der Waals surface area contributed by atoms with Gasteiger partial charge in [-0.1, -0.05) is 36.4 Å². The molecule has 0 aliphatic carbocycles. The molecule has 0 aliphatic rings. The molecule has 0 unspecified atom stereocenters. The Labute approximate surface area is 140 Å². The van der Waals surface area contributed by atoms with Crippen molar-refractivity contribution >= 4 is 16.6 Å². The maximum atomic E-state index is 12.5. The van der Waals surface area contributed by atoms with Crippen LogP contribution < -0.4 is 14.2 Å². The van der Waals surface area contributed by atoms with E-state index in [-0.39, 0.29) is 12.4 Å². The van der Waals surface area contributed by atoms with Crippen molar-refractivity contribution in [1.82, 2.24) is 0 Å². The molecule has 0 N–H and O–H groups in total. The van der Waals surface area contributed by atoms with E-state index in [1.807, 2.05) is 42.5 Å². The summed E-state index contributed by atoms with van der Waals surface area (Å²) >= 11 is 0. The lowest BCUT2D eigenvalue weighted by Crippen LogP contribution is -2.13. The summed E-state index contributed by atoms with van der Waals surface area (Å²) < 4.78 is 16.2. The van der Waals surface area contributed by atoms with Crippen LogP contribution >= 0.6 is 0 Å². The molecule has 4 heteroatoms. The van der Waals surface area contributed by atoms with E-state index in [4.69, 9.17) is 14.2 Å². The summed E-state index contributed by atoms with van der Waals surface area (Å²) in [5.41, 5.74) is 0.442. The predicted octanol–water partition coefficient (Wildman–Crippen LogP) is 4.12. The second-order valence-electron chi connectivity index (χ2n) is 5.26. The molecular formula is C20H18O4. The highest BCUT2D eigenvalue weighted by Gasteiger charge is 2.15. The predicted molar refractivity (Wildman–Crippen MR) is 93.3 cm³/mol. The third-order valence-corrected chi connectivity index (χ3v) is 3.82. The summed E-state index contributed by atoms with van der Waals surface area (Å²) in [6.07, 6.45) is 0. The molecular weight excluding hydrogens is 304 g/mol. The lowest BCUT2D eigenvalue weighted by Gasteiger charge is -2.11. The normalized spacial score (nSPS) is 10.4. The molecule has 0 aromatic heterocycles. The first-order valence-corrected chi connectivity index (χ1v) is 7.58. The largest absolute Gasteiger partial charge is 0.497 e. The fourth-order valence-electron chi connectivity index (χ4n) is 2.57. The number of Topliss-reactive ketones (excluding diaryl/α,β-unsaturated/α-hetero) is 1. The topological polar surface area (TPSA) is 44.8 Å². The van der Waals surface area contributed by atoms with Gasteiger partial charge in [-0.25, -0.2) is 0 Å². The van der Waals surface area contributed by atoms with Crippen LogP contribution in [0.25, 0.3) is 10.8 Å². The lowest BCUT2D eigenvalue weighted by molar-refractivity contribution is 0.0919. The summed E-state index contributed by atoms with van der Waals surface area (Å²) in [6.45, 7) is -0.0719. The monoisotopic (exact) mass is 322 g/mol. The van der Waals surface area contributed by atoms with Crippen LogP contribution in [-0.4, -0.2) is 26.6 Å². The number of ketones is 1. The van der Waals surface area contributed by atoms with Crippen molar-refractivity contribution in [2.24, 2.45) is 0 Å². The Hall–Kier alpha value is -3.01. The van der Waals surface area contributed by atoms with Gasteiger partial charge in [0.25, 0.3) is 0 Å². The third-order valence-electron chi connectivity index (χ3n) is 3.82. The molecule has 0 saturated heterocycles. The molecule has 3 aromatic carbocycles. The van der Waals surface area contributed by atoms with E-state index in [2.05, 4.69) is 0 Å². The number of carbonyl (C=O) groups is 1. The molecule has 0 atom stereocenters. The molecule has 122 valence electrons. The second-order valence-corrected chi connectivity index (χ2v) is 5.26. The Kier molecular flexibility index (Phi) is 4.66. The van der Waals surface area contributed by atoms with E-state index in [1.54, 1.807) is 25.3 Å². The highest BCUT2D eigenvalue weighted by Crippen LogP contribution is 2.27. The van der Waals surface area contributed by atoms with E-state index in [1.165, 1.54) is 7.11 Å². The van der Waals surface area contributed by atoms with Gasteiger partial charge in [-0.15, -0.1) is 0 Å². The molecule has 0 radical (unpaired) electrons. The van der Waals surface area contributed by atoms with E-state index in [0.717, 1.165) is 10.8 Å². The molecule has 4 nitrogen and oxygen atoms in total. The number of hydrogen-bond donors (Lipinski definition) is 0. The zero-order chi connectivity index (χ0) is 16.9. The Morgan fingerprint density at radius 1 is 0.875 bits per heavy atom. The van der Waals surface area contributed by atoms with Gasteiger partial charge in [0.05, 0.1) is 19.8 Å². The molecule has 0 fully saturated rings. The van der Waals surface area contributed by atoms with Crippen LogP contribution in [0, 0.1) is 0 Å². The maximum absolute atomic E-state index is 12.5. The molecule has 0 amide bonds. The van der Waals surface area contributed by atoms with Crippen molar-refractivity contribution < 1.29 is 19.0 Å². The lowest BCUT2D eigenvalue weighted by atomic mass is 10.1. The number of fused-ring (bicyclic) bond motifs is 1. The fourth-order valence-corrected chi connectivity index (χ4v) is 2.57. The number of hydrogen-bond acceptors (Lipinski definition) is 4. The first-order chi connectivity index (χ1) is 11.7. The molecule has 0 heterocycles. The highest BCUT2D eigenvalue weighted by atomic mass is 16.5. The average Bonchev–Trinajstić information content (AvgIpc) is 2.65. The SMILES string of the molecule is COc1ccc(OC)c(C(=O)COc2cccc3ccccc23)c1. The molecule has 3 rings (SSSR count). The summed E-state index contributed by atoms with van der Waals surface area (Å²) in [5.74, 6) is 1.62. The van der Waals surface area contributed by atoms with E-state index >= 15 is 0 Å². The van der Waals surface area contributed by atoms with Crippen molar-refractivity contribution in [2.75, 3.05) is 20.8 Å². The zero-order valence-electron chi connectivity index (χ0n) is 13.6. The number of ether oxygens (including phenoxy) is 3. The smallest absolute Gasteiger partial charge is 0.204 e. The first kappa shape index (κ1) is 15.9. The Morgan fingerprint density at radius 3 is 2.46 bits per heavy atom. The number of carbonyl (C=O) groups excluding carboxylic acids is 1. The number of methoxy groups -OCH3 is 2. The van der Waals surface area contributed by atoms with Crippen molar-refractivity contribution in [3.63, 3.8) is 0 Å². The standard InChI is InChI=1S/C20H18O4/c1-22-15-10-11-19(23-2)17(12-15)18(21)13-24-20-9-5-7-14-6-3-4-8-16(14)20/h3-12H,13H2,1-2H3. The summed E-state index contributed by atoms with van der Waals surface area (Å²) in [7, 11) is 3.09. The van der Waals surface area contributed by atoms with Crippen molar-refractivity contribution in [3.05, 3.63) is 66.2 Å². The van der Waals surface area contributed by atoms with Crippen LogP contribution in [0.3, 0.4) is 0 Å². The highest BCUT2D eigenvalue weighted by molar-refractivity contribution is 6.00. The van der Waals surface area contributed by atoms with Crippen LogP contribution in [0.2, 0.25) is 0 Å². The van der Waals surface area contributed by atoms with Crippen molar-refractivity contribution in [3.8, 4) is 17.2 Å². The van der Waals surface area contributed by atoms with Crippen LogP contribution in [0.1, 0.15) is 10.4 Å². The van der Waals surface area contributed by atoms with E-state index < -0.39 is 0 Å². The number of benzene rings is 3. The zero-order valence-corrected chi connectivity index (χ0v) is 13.6. The molecule has 0 saturated carbocycles. The van der Waals surface area contributed by atoms with Crippen LogP contribution in [0.5, 0.6) is 17.2 Å². The van der Waals surface area contributed by atoms with Gasteiger partial charge >= 0.3 is 0 Å². The van der Waals surface area contributed by atoms with E-state index in [9.17, 15) is 4.79 Å². The van der Waals surface area contributed by atoms with Gasteiger partial charge in [0.1, 0.15) is 17.2 Å². The number of rotatable bonds is 6. The van der Waals surface area contributed by atoms with Gasteiger partial charge in [-0.05, 0) is 29.7 Å². The summed E-state index contributed by atoms with van der Waals surface area (Å²) in [5, 5.41) is 2.05. The molecule has 0 spiro atoms. The van der Waals surface area contributed by atoms with E-state index in [0.29, 0.717) is 22.8 Å². The molecule has 24 heavy (non-hydrogen) atoms. The van der Waals surface area contributed by atoms with Gasteiger partial charge in [-0.3, -0.25) is 4.79 Å². The Morgan fingerprint density at radius 2 is 1.67 bits per heavy atom. The van der Waals surface area contributed by atoms with Crippen molar-refractivity contribution in [2.45, 2.75) is 0 Å². The minimum absolute atomic E-state index is 0.0719. The molecule has 3 aromatic rings. The van der Waals surface area contributed by atoms with Gasteiger partial charge in [0.2, 0.25) is 5.78 Å². The summed E-state index contributed by atoms with van der Waals surface area (Å²) in [6, 6.07) is 18.8. The van der Waals surface area contributed by atoms with Gasteiger partial charge in [-0.2, -0.15) is 0 Å². The quantitative estimate of drug-likeness (QED) is 0.640. The van der Waals surface area contributed by atoms with Crippen LogP contribution in [0.15, 0.2) is 60.7 Å². The average molecular weight is 322 g/mol. The van der Waals surface area contributed by atoms with Crippen LogP contribution in [0.4, 0.5) is 0 Å². The Balaban J connectivity index is 1.83. The second kappa shape index (κ2) is 7.04. The van der Waals surface area contributed by atoms with Gasteiger partial charge < -0.3 is 14.2 Å². The first-order valence-electron chi connectivity index (χ1n) is 7.58. The van der Waals surface area contributed by atoms with Gasteiger partial charge in [0, 0.05) is 5.39 Å². The maximum Gasteiger partial charge on any atom is 0.204 e. The molecule has 0 bridgehead atoms. The minimum atomic E-state index is -0.168. The Bertz CT molecular complexity index is 865. The molecule has 0 aliphatic heterocycles. The third kappa shape index (κ3) is 3.18. The summed E-state index contributed by atoms with van der Waals surface area (Å²) in [4.78, 5) is 12.5. The minimum Gasteiger partial charge on any atom is -0.497 e. The van der Waals surface area contributed by atoms with Gasteiger partial charge in [0.15, 0.2) is 6.61 Å². The van der Waals surface area contributed by atoms with Crippen molar-refractivity contribution in [1.29, 1.82) is 0 Å². The fraction of sp³-hybridized carbons (Fsp3) is 0.150. The van der Waals surface area contributed by atoms with Crippen LogP contribution in [-0.2, 0) is 0 Å².